The molecule has 0 aromatic heterocycles. The van der Waals surface area contributed by atoms with Crippen LogP contribution < -0.4 is 10.1 Å². The SMILES string of the molecule is CCC(=O)N[C@H](Oc1ccc(/C=C2\SC(=S)N([C@@H]3CCS(=O)(=O)C3)C2=O)cc1)C(Cl)(Cl)Cl. The van der Waals surface area contributed by atoms with Crippen LogP contribution in [0.4, 0.5) is 0 Å². The second-order valence-corrected chi connectivity index (χ2v) is 13.4. The van der Waals surface area contributed by atoms with Gasteiger partial charge in [0.2, 0.25) is 15.9 Å². The van der Waals surface area contributed by atoms with Crippen LogP contribution in [0.2, 0.25) is 0 Å². The molecule has 0 aliphatic carbocycles. The maximum absolute atomic E-state index is 12.8. The van der Waals surface area contributed by atoms with Crippen LogP contribution in [0.1, 0.15) is 25.3 Å². The fraction of sp³-hybridized carbons (Fsp3) is 0.421. The fourth-order valence-electron chi connectivity index (χ4n) is 3.13. The number of thiocarbonyl (C=S) groups is 1. The van der Waals surface area contributed by atoms with Gasteiger partial charge >= 0.3 is 0 Å². The van der Waals surface area contributed by atoms with Crippen molar-refractivity contribution in [1.82, 2.24) is 10.2 Å². The van der Waals surface area contributed by atoms with Crippen molar-refractivity contribution in [1.29, 1.82) is 0 Å². The molecule has 13 heteroatoms. The molecule has 2 amide bonds. The topological polar surface area (TPSA) is 92.8 Å². The Labute approximate surface area is 210 Å². The second-order valence-electron chi connectivity index (χ2n) is 7.14. The van der Waals surface area contributed by atoms with E-state index in [-0.39, 0.29) is 29.7 Å². The molecule has 3 rings (SSSR count). The van der Waals surface area contributed by atoms with Crippen LogP contribution >= 0.6 is 58.8 Å². The number of hydrogen-bond acceptors (Lipinski definition) is 7. The van der Waals surface area contributed by atoms with Crippen LogP contribution in [0.15, 0.2) is 29.2 Å². The minimum atomic E-state index is -3.14. The minimum Gasteiger partial charge on any atom is -0.466 e. The van der Waals surface area contributed by atoms with Crippen molar-refractivity contribution in [3.8, 4) is 5.75 Å². The number of thioether (sulfide) groups is 1. The lowest BCUT2D eigenvalue weighted by molar-refractivity contribution is -0.124. The van der Waals surface area contributed by atoms with E-state index in [1.165, 1.54) is 4.90 Å². The van der Waals surface area contributed by atoms with Crippen LogP contribution in [0, 0.1) is 0 Å². The Hall–Kier alpha value is -1.04. The maximum atomic E-state index is 12.8. The van der Waals surface area contributed by atoms with Gasteiger partial charge < -0.3 is 10.1 Å². The van der Waals surface area contributed by atoms with Crippen molar-refractivity contribution >= 4 is 90.8 Å². The minimum absolute atomic E-state index is 0.0587. The predicted molar refractivity (Wildman–Crippen MR) is 132 cm³/mol. The third kappa shape index (κ3) is 6.30. The third-order valence-corrected chi connectivity index (χ3v) is 8.41. The lowest BCUT2D eigenvalue weighted by Crippen LogP contribution is -2.47. The lowest BCUT2D eigenvalue weighted by atomic mass is 10.2. The number of sulfone groups is 1. The van der Waals surface area contributed by atoms with Crippen LogP contribution in [-0.4, -0.2) is 57.0 Å². The standard InChI is InChI=1S/C19H19Cl3N2O5S3/c1-2-15(25)23-17(19(20,21)22)29-13-5-3-11(4-6-13)9-14-16(26)24(18(30)31-14)12-7-8-32(27,28)10-12/h3-6,9,12,17H,2,7-8,10H2,1H3,(H,23,25)/b14-9-/t12-,17-/m1/s1. The van der Waals surface area contributed by atoms with Crippen molar-refractivity contribution < 1.29 is 22.7 Å². The molecule has 2 aliphatic rings. The second kappa shape index (κ2) is 10.1. The highest BCUT2D eigenvalue weighted by Gasteiger charge is 2.42. The van der Waals surface area contributed by atoms with Crippen molar-refractivity contribution in [2.45, 2.75) is 35.8 Å². The number of nitrogens with zero attached hydrogens (tertiary/aromatic N) is 1. The van der Waals surface area contributed by atoms with Crippen LogP contribution in [0.3, 0.4) is 0 Å². The summed E-state index contributed by atoms with van der Waals surface area (Å²) in [6, 6.07) is 6.18. The molecule has 0 bridgehead atoms. The van der Waals surface area contributed by atoms with E-state index in [9.17, 15) is 18.0 Å². The molecule has 2 aliphatic heterocycles. The number of hydrogen-bond donors (Lipinski definition) is 1. The number of amides is 2. The fourth-order valence-corrected chi connectivity index (χ4v) is 6.53. The number of ether oxygens (including phenoxy) is 1. The van der Waals surface area contributed by atoms with E-state index in [4.69, 9.17) is 51.8 Å². The Balaban J connectivity index is 1.71. The first-order valence-corrected chi connectivity index (χ1v) is 13.7. The van der Waals surface area contributed by atoms with E-state index < -0.39 is 25.9 Å². The number of carbonyl (C=O) groups is 2. The Bertz CT molecular complexity index is 1050. The highest BCUT2D eigenvalue weighted by molar-refractivity contribution is 8.26. The molecule has 0 spiro atoms. The summed E-state index contributed by atoms with van der Waals surface area (Å²) in [5, 5.41) is 2.50. The summed E-state index contributed by atoms with van der Waals surface area (Å²) in [7, 11) is -3.14. The van der Waals surface area contributed by atoms with Crippen LogP contribution in [-0.2, 0) is 19.4 Å². The molecule has 2 atom stereocenters. The zero-order valence-electron chi connectivity index (χ0n) is 16.7. The zero-order valence-corrected chi connectivity index (χ0v) is 21.4. The molecule has 0 unspecified atom stereocenters. The van der Waals surface area contributed by atoms with Crippen molar-refractivity contribution in [3.05, 3.63) is 34.7 Å². The highest BCUT2D eigenvalue weighted by atomic mass is 35.6. The van der Waals surface area contributed by atoms with Gasteiger partial charge in [-0.2, -0.15) is 0 Å². The van der Waals surface area contributed by atoms with Gasteiger partial charge in [0.1, 0.15) is 10.1 Å². The Kier molecular flexibility index (Phi) is 8.05. The molecule has 32 heavy (non-hydrogen) atoms. The molecule has 174 valence electrons. The van der Waals surface area contributed by atoms with E-state index >= 15 is 0 Å². The normalized spacial score (nSPS) is 22.9. The summed E-state index contributed by atoms with van der Waals surface area (Å²) in [6.45, 7) is 1.66. The molecule has 2 heterocycles. The molecular formula is C19H19Cl3N2O5S3. The van der Waals surface area contributed by atoms with Gasteiger partial charge in [0.25, 0.3) is 5.91 Å². The average Bonchev–Trinajstić information content (AvgIpc) is 3.19. The summed E-state index contributed by atoms with van der Waals surface area (Å²) in [4.78, 5) is 26.3. The summed E-state index contributed by atoms with van der Waals surface area (Å²) in [5.74, 6) is -0.310. The highest BCUT2D eigenvalue weighted by Crippen LogP contribution is 2.37. The zero-order chi connectivity index (χ0) is 23.7. The number of halogens is 3. The summed E-state index contributed by atoms with van der Waals surface area (Å²) in [6.07, 6.45) is 1.06. The van der Waals surface area contributed by atoms with Gasteiger partial charge in [0, 0.05) is 6.42 Å². The first-order chi connectivity index (χ1) is 14.9. The maximum Gasteiger partial charge on any atom is 0.266 e. The lowest BCUT2D eigenvalue weighted by Gasteiger charge is -2.26. The molecule has 0 saturated carbocycles. The van der Waals surface area contributed by atoms with Crippen molar-refractivity contribution in [3.63, 3.8) is 0 Å². The van der Waals surface area contributed by atoms with Gasteiger partial charge in [-0.05, 0) is 30.2 Å². The van der Waals surface area contributed by atoms with Gasteiger partial charge in [0.15, 0.2) is 9.84 Å². The number of alkyl halides is 3. The van der Waals surface area contributed by atoms with Gasteiger partial charge in [-0.3, -0.25) is 14.5 Å². The molecule has 2 fully saturated rings. The van der Waals surface area contributed by atoms with E-state index in [1.807, 2.05) is 0 Å². The number of carbonyl (C=O) groups excluding carboxylic acids is 2. The van der Waals surface area contributed by atoms with Gasteiger partial charge in [0.05, 0.1) is 22.5 Å². The quantitative estimate of drug-likeness (QED) is 0.247. The monoisotopic (exact) mass is 556 g/mol. The molecule has 1 aromatic rings. The van der Waals surface area contributed by atoms with Crippen LogP contribution in [0.5, 0.6) is 5.75 Å². The third-order valence-electron chi connectivity index (χ3n) is 4.74. The predicted octanol–water partition coefficient (Wildman–Crippen LogP) is 3.68. The number of benzene rings is 1. The first-order valence-electron chi connectivity index (χ1n) is 9.50. The van der Waals surface area contributed by atoms with E-state index in [0.717, 1.165) is 11.8 Å². The van der Waals surface area contributed by atoms with Gasteiger partial charge in [-0.25, -0.2) is 8.42 Å². The molecule has 2 saturated heterocycles. The van der Waals surface area contributed by atoms with Gasteiger partial charge in [-0.15, -0.1) is 0 Å². The Morgan fingerprint density at radius 3 is 2.56 bits per heavy atom. The Morgan fingerprint density at radius 2 is 2.03 bits per heavy atom. The van der Waals surface area contributed by atoms with Crippen molar-refractivity contribution in [2.24, 2.45) is 0 Å². The van der Waals surface area contributed by atoms with Crippen LogP contribution in [0.25, 0.3) is 6.08 Å². The summed E-state index contributed by atoms with van der Waals surface area (Å²) in [5.41, 5.74) is 0.694. The molecule has 7 nitrogen and oxygen atoms in total. The summed E-state index contributed by atoms with van der Waals surface area (Å²) >= 11 is 24.1. The average molecular weight is 558 g/mol. The van der Waals surface area contributed by atoms with Gasteiger partial charge in [-0.1, -0.05) is 77.8 Å². The van der Waals surface area contributed by atoms with Crippen molar-refractivity contribution in [2.75, 3.05) is 11.5 Å². The molecule has 0 radical (unpaired) electrons. The molecule has 1 aromatic carbocycles. The van der Waals surface area contributed by atoms with E-state index in [1.54, 1.807) is 37.3 Å². The molecule has 1 N–H and O–H groups in total. The molecular weight excluding hydrogens is 539 g/mol. The first kappa shape index (κ1) is 25.6. The largest absolute Gasteiger partial charge is 0.466 e. The number of rotatable bonds is 6. The summed E-state index contributed by atoms with van der Waals surface area (Å²) < 4.78 is 27.6. The van der Waals surface area contributed by atoms with E-state index in [2.05, 4.69) is 5.32 Å². The number of nitrogens with one attached hydrogen (secondary N) is 1. The van der Waals surface area contributed by atoms with E-state index in [0.29, 0.717) is 27.0 Å². The smallest absolute Gasteiger partial charge is 0.266 e. The Morgan fingerprint density at radius 1 is 1.38 bits per heavy atom.